The smallest absolute Gasteiger partial charge is 0.389 e. The predicted molar refractivity (Wildman–Crippen MR) is 124 cm³/mol. The molecule has 0 saturated carbocycles. The van der Waals surface area contributed by atoms with E-state index in [1.807, 2.05) is 0 Å². The van der Waals surface area contributed by atoms with Crippen molar-refractivity contribution in [2.45, 2.75) is 12.2 Å². The van der Waals surface area contributed by atoms with Crippen molar-refractivity contribution in [3.63, 3.8) is 0 Å². The lowest BCUT2D eigenvalue weighted by Crippen LogP contribution is -2.41. The molecule has 0 fully saturated rings. The number of halogens is 4. The summed E-state index contributed by atoms with van der Waals surface area (Å²) in [7, 11) is -0.0583. The number of hydrogen-bond donors (Lipinski definition) is 0. The molecule has 35 heavy (non-hydrogen) atoms. The quantitative estimate of drug-likeness (QED) is 0.158. The highest BCUT2D eigenvalue weighted by atomic mass is 19.1. The molecule has 0 bridgehead atoms. The molecule has 8 heteroatoms. The topological polar surface area (TPSA) is 27.7 Å². The molecule has 4 aromatic rings. The predicted octanol–water partition coefficient (Wildman–Crippen LogP) is 6.40. The zero-order chi connectivity index (χ0) is 24.8. The van der Waals surface area contributed by atoms with Gasteiger partial charge in [-0.05, 0) is 70.8 Å². The summed E-state index contributed by atoms with van der Waals surface area (Å²) in [4.78, 5) is 0. The van der Waals surface area contributed by atoms with Gasteiger partial charge in [-0.15, -0.1) is 0 Å². The van der Waals surface area contributed by atoms with E-state index in [1.54, 1.807) is 24.3 Å². The van der Waals surface area contributed by atoms with Crippen molar-refractivity contribution in [1.82, 2.24) is 0 Å². The Hall–Kier alpha value is -3.46. The van der Waals surface area contributed by atoms with Gasteiger partial charge in [-0.3, -0.25) is 0 Å². The number of benzene rings is 4. The number of rotatable bonds is 9. The molecule has 0 atom stereocenters. The first-order valence-corrected chi connectivity index (χ1v) is 10.8. The van der Waals surface area contributed by atoms with Crippen LogP contribution < -0.4 is 0 Å². The standard InChI is InChI=1S/C27H21BF4O3/c1-33-28(34-18-19-6-2-10-23(29)14-19)35-27(20-7-3-11-24(30)15-20,21-8-4-12-25(31)16-21)22-9-5-13-26(32)17-22/h2-17H,18H2,1H3. The highest BCUT2D eigenvalue weighted by Gasteiger charge is 2.43. The second kappa shape index (κ2) is 10.9. The minimum absolute atomic E-state index is 0.0815. The fraction of sp³-hybridized carbons (Fsp3) is 0.111. The first-order valence-electron chi connectivity index (χ1n) is 10.8. The van der Waals surface area contributed by atoms with Gasteiger partial charge in [0.05, 0.1) is 6.61 Å². The Balaban J connectivity index is 1.85. The van der Waals surface area contributed by atoms with Crippen LogP contribution in [0.25, 0.3) is 0 Å². The molecule has 0 aliphatic rings. The lowest BCUT2D eigenvalue weighted by Gasteiger charge is -2.37. The molecule has 0 saturated heterocycles. The highest BCUT2D eigenvalue weighted by molar-refractivity contribution is 6.36. The van der Waals surface area contributed by atoms with Crippen LogP contribution in [0.4, 0.5) is 17.6 Å². The Morgan fingerprint density at radius 3 is 1.46 bits per heavy atom. The van der Waals surface area contributed by atoms with Gasteiger partial charge < -0.3 is 14.0 Å². The van der Waals surface area contributed by atoms with E-state index in [4.69, 9.17) is 14.0 Å². The van der Waals surface area contributed by atoms with Crippen molar-refractivity contribution < 1.29 is 31.5 Å². The van der Waals surface area contributed by atoms with E-state index >= 15 is 0 Å². The molecular weight excluding hydrogens is 459 g/mol. The zero-order valence-electron chi connectivity index (χ0n) is 18.8. The van der Waals surface area contributed by atoms with Crippen LogP contribution in [-0.2, 0) is 26.2 Å². The summed E-state index contributed by atoms with van der Waals surface area (Å²) in [6.45, 7) is -0.0815. The largest absolute Gasteiger partial charge is 0.640 e. The fourth-order valence-corrected chi connectivity index (χ4v) is 3.91. The maximum Gasteiger partial charge on any atom is 0.640 e. The first-order chi connectivity index (χ1) is 16.9. The van der Waals surface area contributed by atoms with Gasteiger partial charge in [0.1, 0.15) is 28.9 Å². The van der Waals surface area contributed by atoms with E-state index in [9.17, 15) is 17.6 Å². The molecule has 0 aliphatic heterocycles. The van der Waals surface area contributed by atoms with Gasteiger partial charge in [0, 0.05) is 7.11 Å². The molecule has 3 nitrogen and oxygen atoms in total. The monoisotopic (exact) mass is 480 g/mol. The van der Waals surface area contributed by atoms with Gasteiger partial charge in [-0.25, -0.2) is 17.6 Å². The molecule has 0 unspecified atom stereocenters. The summed E-state index contributed by atoms with van der Waals surface area (Å²) in [6, 6.07) is 22.3. The minimum Gasteiger partial charge on any atom is -0.389 e. The molecular formula is C27H21BF4O3. The van der Waals surface area contributed by atoms with E-state index in [-0.39, 0.29) is 23.3 Å². The van der Waals surface area contributed by atoms with Crippen molar-refractivity contribution in [3.8, 4) is 0 Å². The highest BCUT2D eigenvalue weighted by Crippen LogP contribution is 2.42. The second-order valence-electron chi connectivity index (χ2n) is 7.80. The van der Waals surface area contributed by atoms with Crippen molar-refractivity contribution in [2.24, 2.45) is 0 Å². The van der Waals surface area contributed by atoms with Crippen LogP contribution in [0.1, 0.15) is 22.3 Å². The summed E-state index contributed by atoms with van der Waals surface area (Å²) >= 11 is 0. The van der Waals surface area contributed by atoms with Crippen molar-refractivity contribution in [1.29, 1.82) is 0 Å². The summed E-state index contributed by atoms with van der Waals surface area (Å²) in [6.07, 6.45) is 0. The summed E-state index contributed by atoms with van der Waals surface area (Å²) in [5.41, 5.74) is -0.446. The third-order valence-corrected chi connectivity index (χ3v) is 5.43. The first kappa shape index (κ1) is 24.7. The van der Waals surface area contributed by atoms with E-state index in [2.05, 4.69) is 0 Å². The van der Waals surface area contributed by atoms with Crippen molar-refractivity contribution in [3.05, 3.63) is 143 Å². The van der Waals surface area contributed by atoms with Crippen LogP contribution in [0.3, 0.4) is 0 Å². The van der Waals surface area contributed by atoms with Crippen LogP contribution >= 0.6 is 0 Å². The van der Waals surface area contributed by atoms with Gasteiger partial charge in [-0.1, -0.05) is 48.5 Å². The molecule has 178 valence electrons. The molecule has 0 aliphatic carbocycles. The van der Waals surface area contributed by atoms with E-state index in [1.165, 1.54) is 79.9 Å². The lowest BCUT2D eigenvalue weighted by molar-refractivity contribution is 0.0398. The van der Waals surface area contributed by atoms with E-state index in [0.29, 0.717) is 5.56 Å². The lowest BCUT2D eigenvalue weighted by atomic mass is 9.79. The SMILES string of the molecule is COB(OCc1cccc(F)c1)OC(c1cccc(F)c1)(c1cccc(F)c1)c1cccc(F)c1. The Bertz CT molecular complexity index is 1190. The Morgan fingerprint density at radius 1 is 0.629 bits per heavy atom. The van der Waals surface area contributed by atoms with Gasteiger partial charge in [0.2, 0.25) is 0 Å². The van der Waals surface area contributed by atoms with E-state index < -0.39 is 36.2 Å². The average Bonchev–Trinajstić information content (AvgIpc) is 2.84. The van der Waals surface area contributed by atoms with Crippen LogP contribution in [0, 0.1) is 23.3 Å². The minimum atomic E-state index is -1.73. The molecule has 0 heterocycles. The van der Waals surface area contributed by atoms with Crippen molar-refractivity contribution >= 4 is 7.32 Å². The third kappa shape index (κ3) is 5.62. The van der Waals surface area contributed by atoms with E-state index in [0.717, 1.165) is 0 Å². The Labute approximate surface area is 201 Å². The van der Waals surface area contributed by atoms with Gasteiger partial charge in [0.25, 0.3) is 0 Å². The van der Waals surface area contributed by atoms with Gasteiger partial charge in [0.15, 0.2) is 0 Å². The maximum absolute atomic E-state index is 14.4. The average molecular weight is 480 g/mol. The maximum atomic E-state index is 14.4. The summed E-state index contributed by atoms with van der Waals surface area (Å²) in [5, 5.41) is 0. The summed E-state index contributed by atoms with van der Waals surface area (Å²) < 4.78 is 74.3. The fourth-order valence-electron chi connectivity index (χ4n) is 3.91. The van der Waals surface area contributed by atoms with Crippen LogP contribution in [0.2, 0.25) is 0 Å². The molecule has 0 amide bonds. The Kier molecular flexibility index (Phi) is 7.65. The van der Waals surface area contributed by atoms with Crippen LogP contribution in [0.5, 0.6) is 0 Å². The van der Waals surface area contributed by atoms with Crippen molar-refractivity contribution in [2.75, 3.05) is 7.11 Å². The molecule has 4 aromatic carbocycles. The molecule has 0 spiro atoms. The third-order valence-electron chi connectivity index (χ3n) is 5.43. The van der Waals surface area contributed by atoms with Gasteiger partial charge in [-0.2, -0.15) is 0 Å². The second-order valence-corrected chi connectivity index (χ2v) is 7.80. The Morgan fingerprint density at radius 2 is 1.06 bits per heavy atom. The molecule has 0 N–H and O–H groups in total. The van der Waals surface area contributed by atoms with Gasteiger partial charge >= 0.3 is 7.32 Å². The normalized spacial score (nSPS) is 11.5. The van der Waals surface area contributed by atoms with Crippen LogP contribution in [-0.4, -0.2) is 14.4 Å². The molecule has 0 aromatic heterocycles. The zero-order valence-corrected chi connectivity index (χ0v) is 18.8. The molecule has 4 rings (SSSR count). The van der Waals surface area contributed by atoms with Crippen LogP contribution in [0.15, 0.2) is 97.1 Å². The summed E-state index contributed by atoms with van der Waals surface area (Å²) in [5.74, 6) is -2.15. The number of hydrogen-bond acceptors (Lipinski definition) is 3. The molecule has 0 radical (unpaired) electrons.